The van der Waals surface area contributed by atoms with E-state index < -0.39 is 0 Å². The lowest BCUT2D eigenvalue weighted by atomic mass is 9.96. The van der Waals surface area contributed by atoms with Crippen LogP contribution in [0.1, 0.15) is 48.0 Å². The summed E-state index contributed by atoms with van der Waals surface area (Å²) in [4.78, 5) is 31.7. The highest BCUT2D eigenvalue weighted by atomic mass is 127. The maximum Gasteiger partial charge on any atom is 0.253 e. The van der Waals surface area contributed by atoms with Crippen LogP contribution in [-0.4, -0.2) is 74.9 Å². The van der Waals surface area contributed by atoms with Crippen LogP contribution in [-0.2, 0) is 11.2 Å². The number of guanidine groups is 1. The molecule has 30 heavy (non-hydrogen) atoms. The molecule has 0 heterocycles. The lowest BCUT2D eigenvalue weighted by Crippen LogP contribution is -2.45. The van der Waals surface area contributed by atoms with Gasteiger partial charge in [0.2, 0.25) is 5.91 Å². The molecule has 1 fully saturated rings. The first kappa shape index (κ1) is 26.2. The highest BCUT2D eigenvalue weighted by molar-refractivity contribution is 14.0. The fourth-order valence-corrected chi connectivity index (χ4v) is 3.32. The van der Waals surface area contributed by atoms with Crippen LogP contribution in [0.4, 0.5) is 0 Å². The Morgan fingerprint density at radius 1 is 1.07 bits per heavy atom. The molecule has 0 aromatic heterocycles. The van der Waals surface area contributed by atoms with Crippen molar-refractivity contribution in [3.8, 4) is 0 Å². The van der Waals surface area contributed by atoms with E-state index in [1.54, 1.807) is 38.0 Å². The van der Waals surface area contributed by atoms with Crippen LogP contribution in [0.5, 0.6) is 0 Å². The molecule has 1 saturated carbocycles. The first-order chi connectivity index (χ1) is 13.9. The normalized spacial score (nSPS) is 14.5. The minimum Gasteiger partial charge on any atom is -0.356 e. The Morgan fingerprint density at radius 2 is 1.77 bits per heavy atom. The van der Waals surface area contributed by atoms with E-state index in [-0.39, 0.29) is 42.3 Å². The number of halogens is 1. The van der Waals surface area contributed by atoms with Gasteiger partial charge in [0.05, 0.1) is 0 Å². The van der Waals surface area contributed by atoms with Crippen LogP contribution in [0.3, 0.4) is 0 Å². The van der Waals surface area contributed by atoms with Crippen LogP contribution in [0, 0.1) is 0 Å². The Balaban J connectivity index is 0.00000450. The van der Waals surface area contributed by atoms with Gasteiger partial charge in [0.15, 0.2) is 5.96 Å². The summed E-state index contributed by atoms with van der Waals surface area (Å²) in [6.45, 7) is 0.802. The Hall–Kier alpha value is -1.84. The molecule has 0 unspecified atom stereocenters. The number of nitrogens with zero attached hydrogens (tertiary/aromatic N) is 3. The van der Waals surface area contributed by atoms with Crippen molar-refractivity contribution in [3.05, 3.63) is 35.4 Å². The molecule has 0 atom stereocenters. The van der Waals surface area contributed by atoms with Crippen LogP contribution >= 0.6 is 24.0 Å². The van der Waals surface area contributed by atoms with E-state index in [1.807, 2.05) is 24.3 Å². The summed E-state index contributed by atoms with van der Waals surface area (Å²) in [5.41, 5.74) is 1.78. The van der Waals surface area contributed by atoms with Gasteiger partial charge in [-0.25, -0.2) is 4.99 Å². The molecule has 1 aromatic carbocycles. The van der Waals surface area contributed by atoms with Crippen LogP contribution < -0.4 is 10.6 Å². The summed E-state index contributed by atoms with van der Waals surface area (Å²) in [5, 5.41) is 6.84. The highest BCUT2D eigenvalue weighted by Gasteiger charge is 2.15. The number of benzene rings is 1. The summed E-state index contributed by atoms with van der Waals surface area (Å²) in [5.74, 6) is 0.667. The minimum absolute atomic E-state index is 0. The molecule has 0 aliphatic heterocycles. The molecule has 168 valence electrons. The van der Waals surface area contributed by atoms with E-state index in [4.69, 9.17) is 0 Å². The zero-order valence-corrected chi connectivity index (χ0v) is 20.9. The lowest BCUT2D eigenvalue weighted by Gasteiger charge is -2.25. The fraction of sp³-hybridized carbons (Fsp3) is 0.591. The summed E-state index contributed by atoms with van der Waals surface area (Å²) in [7, 11) is 6.99. The second kappa shape index (κ2) is 13.5. The summed E-state index contributed by atoms with van der Waals surface area (Å²) in [6, 6.07) is 8.12. The van der Waals surface area contributed by atoms with Gasteiger partial charge in [-0.1, -0.05) is 31.4 Å². The third-order valence-corrected chi connectivity index (χ3v) is 5.10. The average Bonchev–Trinajstić information content (AvgIpc) is 2.71. The smallest absolute Gasteiger partial charge is 0.253 e. The standard InChI is InChI=1S/C22H35N5O2.HI/c1-26(2)20(28)16-24-22(25-19-11-6-5-7-12-19)23-14-13-17-9-8-10-18(15-17)21(29)27(3)4;/h8-10,15,19H,5-7,11-14,16H2,1-4H3,(H2,23,24,25);1H. The third kappa shape index (κ3) is 8.89. The molecule has 0 bridgehead atoms. The molecule has 8 heteroatoms. The van der Waals surface area contributed by atoms with Gasteiger partial charge in [0.1, 0.15) is 6.54 Å². The molecular weight excluding hydrogens is 493 g/mol. The van der Waals surface area contributed by atoms with Gasteiger partial charge in [-0.3, -0.25) is 9.59 Å². The Kier molecular flexibility index (Phi) is 11.8. The van der Waals surface area contributed by atoms with Gasteiger partial charge >= 0.3 is 0 Å². The first-order valence-electron chi connectivity index (χ1n) is 10.4. The average molecular weight is 529 g/mol. The van der Waals surface area contributed by atoms with Crippen LogP contribution in [0.15, 0.2) is 29.3 Å². The molecule has 2 amide bonds. The lowest BCUT2D eigenvalue weighted by molar-refractivity contribution is -0.127. The molecule has 1 aliphatic rings. The van der Waals surface area contributed by atoms with Crippen LogP contribution in [0.2, 0.25) is 0 Å². The zero-order chi connectivity index (χ0) is 21.2. The number of amides is 2. The van der Waals surface area contributed by atoms with Gasteiger partial charge in [-0.15, -0.1) is 24.0 Å². The Morgan fingerprint density at radius 3 is 2.40 bits per heavy atom. The zero-order valence-electron chi connectivity index (χ0n) is 18.6. The molecule has 1 aliphatic carbocycles. The summed E-state index contributed by atoms with van der Waals surface area (Å²) < 4.78 is 0. The SMILES string of the molecule is CN(C)C(=O)CN=C(NCCc1cccc(C(=O)N(C)C)c1)NC1CCCCC1.I. The van der Waals surface area contributed by atoms with Gasteiger partial charge < -0.3 is 20.4 Å². The molecular formula is C22H36IN5O2. The van der Waals surface area contributed by atoms with Crippen molar-refractivity contribution in [2.45, 2.75) is 44.6 Å². The van der Waals surface area contributed by atoms with E-state index >= 15 is 0 Å². The first-order valence-corrected chi connectivity index (χ1v) is 10.4. The van der Waals surface area contributed by atoms with Gasteiger partial charge in [0, 0.05) is 46.3 Å². The maximum absolute atomic E-state index is 12.1. The summed E-state index contributed by atoms with van der Waals surface area (Å²) in [6.07, 6.45) is 6.79. The monoisotopic (exact) mass is 529 g/mol. The van der Waals surface area contributed by atoms with Crippen LogP contribution in [0.25, 0.3) is 0 Å². The molecule has 7 nitrogen and oxygen atoms in total. The molecule has 0 radical (unpaired) electrons. The minimum atomic E-state index is -0.0235. The molecule has 0 spiro atoms. The van der Waals surface area contributed by atoms with Gasteiger partial charge in [0.25, 0.3) is 5.91 Å². The maximum atomic E-state index is 12.1. The molecule has 2 N–H and O–H groups in total. The number of likely N-dealkylation sites (N-methyl/N-ethyl adjacent to an activating group) is 1. The fourth-order valence-electron chi connectivity index (χ4n) is 3.32. The number of aliphatic imine (C=N–C) groups is 1. The third-order valence-electron chi connectivity index (χ3n) is 5.10. The van der Waals surface area contributed by atoms with Crippen molar-refractivity contribution in [1.82, 2.24) is 20.4 Å². The van der Waals surface area contributed by atoms with E-state index in [0.717, 1.165) is 24.8 Å². The van der Waals surface area contributed by atoms with Crippen molar-refractivity contribution in [2.75, 3.05) is 41.3 Å². The van der Waals surface area contributed by atoms with Crippen molar-refractivity contribution in [1.29, 1.82) is 0 Å². The van der Waals surface area contributed by atoms with E-state index in [2.05, 4.69) is 15.6 Å². The predicted molar refractivity (Wildman–Crippen MR) is 133 cm³/mol. The number of hydrogen-bond donors (Lipinski definition) is 2. The topological polar surface area (TPSA) is 77.0 Å². The van der Waals surface area contributed by atoms with Gasteiger partial charge in [-0.05, 0) is 37.0 Å². The number of nitrogens with one attached hydrogen (secondary N) is 2. The molecule has 2 rings (SSSR count). The van der Waals surface area contributed by atoms with Crippen molar-refractivity contribution >= 4 is 41.8 Å². The summed E-state index contributed by atoms with van der Waals surface area (Å²) >= 11 is 0. The van der Waals surface area contributed by atoms with Crippen molar-refractivity contribution < 1.29 is 9.59 Å². The largest absolute Gasteiger partial charge is 0.356 e. The number of carbonyl (C=O) groups excluding carboxylic acids is 2. The Bertz CT molecular complexity index is 715. The number of rotatable bonds is 7. The van der Waals surface area contributed by atoms with E-state index in [0.29, 0.717) is 24.1 Å². The Labute approximate surface area is 197 Å². The van der Waals surface area contributed by atoms with E-state index in [1.165, 1.54) is 19.3 Å². The quantitative estimate of drug-likeness (QED) is 0.324. The predicted octanol–water partition coefficient (Wildman–Crippen LogP) is 2.51. The molecule has 1 aromatic rings. The van der Waals surface area contributed by atoms with Gasteiger partial charge in [-0.2, -0.15) is 0 Å². The van der Waals surface area contributed by atoms with E-state index in [9.17, 15) is 9.59 Å². The van der Waals surface area contributed by atoms with Crippen molar-refractivity contribution in [2.24, 2.45) is 4.99 Å². The molecule has 0 saturated heterocycles. The second-order valence-corrected chi connectivity index (χ2v) is 8.01. The highest BCUT2D eigenvalue weighted by Crippen LogP contribution is 2.17. The number of hydrogen-bond acceptors (Lipinski definition) is 3. The number of carbonyl (C=O) groups is 2. The second-order valence-electron chi connectivity index (χ2n) is 8.01. The van der Waals surface area contributed by atoms with Crippen molar-refractivity contribution in [3.63, 3.8) is 0 Å².